The first kappa shape index (κ1) is 19.9. The van der Waals surface area contributed by atoms with Gasteiger partial charge in [-0.15, -0.1) is 0 Å². The summed E-state index contributed by atoms with van der Waals surface area (Å²) in [7, 11) is 1.66. The van der Waals surface area contributed by atoms with E-state index in [1.807, 2.05) is 12.1 Å². The summed E-state index contributed by atoms with van der Waals surface area (Å²) in [5.74, 6) is 1.27. The summed E-state index contributed by atoms with van der Waals surface area (Å²) in [4.78, 5) is 6.63. The summed E-state index contributed by atoms with van der Waals surface area (Å²) < 4.78 is 17.2. The van der Waals surface area contributed by atoms with Crippen LogP contribution >= 0.6 is 15.9 Å². The summed E-state index contributed by atoms with van der Waals surface area (Å²) in [5.41, 5.74) is 1.09. The van der Waals surface area contributed by atoms with Crippen LogP contribution in [0.25, 0.3) is 0 Å². The van der Waals surface area contributed by atoms with Crippen LogP contribution in [0.3, 0.4) is 0 Å². The van der Waals surface area contributed by atoms with Gasteiger partial charge < -0.3 is 18.9 Å². The topological polar surface area (TPSA) is 60.6 Å². The molecule has 0 radical (unpaired) electrons. The van der Waals surface area contributed by atoms with Gasteiger partial charge in [0.15, 0.2) is 5.82 Å². The number of hydrogen-bond donors (Lipinski definition) is 0. The first-order chi connectivity index (χ1) is 12.2. The molecule has 6 nitrogen and oxygen atoms in total. The van der Waals surface area contributed by atoms with E-state index in [4.69, 9.17) is 14.0 Å². The molecule has 0 fully saturated rings. The fraction of sp³-hybridized carbons (Fsp3) is 0.556. The molecule has 0 aliphatic rings. The second-order valence-electron chi connectivity index (χ2n) is 5.71. The number of nitrogens with zero attached hydrogens (tertiary/aromatic N) is 3. The zero-order chi connectivity index (χ0) is 17.9. The van der Waals surface area contributed by atoms with E-state index < -0.39 is 0 Å². The number of unbranched alkanes of at least 4 members (excludes halogenated alkanes) is 1. The van der Waals surface area contributed by atoms with Crippen molar-refractivity contribution in [2.24, 2.45) is 0 Å². The zero-order valence-electron chi connectivity index (χ0n) is 14.9. The van der Waals surface area contributed by atoms with Crippen molar-refractivity contribution in [3.05, 3.63) is 40.5 Å². The van der Waals surface area contributed by atoms with Crippen LogP contribution in [-0.4, -0.2) is 43.6 Å². The number of aromatic nitrogens is 2. The van der Waals surface area contributed by atoms with Gasteiger partial charge in [-0.1, -0.05) is 40.5 Å². The Morgan fingerprint density at radius 1 is 1.24 bits per heavy atom. The van der Waals surface area contributed by atoms with Crippen molar-refractivity contribution in [3.63, 3.8) is 0 Å². The second-order valence-corrected chi connectivity index (χ2v) is 6.63. The maximum absolute atomic E-state index is 5.72. The molecule has 0 aliphatic heterocycles. The Labute approximate surface area is 157 Å². The van der Waals surface area contributed by atoms with Gasteiger partial charge >= 0.3 is 0 Å². The van der Waals surface area contributed by atoms with Crippen LogP contribution in [-0.2, 0) is 22.4 Å². The first-order valence-electron chi connectivity index (χ1n) is 8.61. The van der Waals surface area contributed by atoms with Crippen molar-refractivity contribution in [3.8, 4) is 0 Å². The van der Waals surface area contributed by atoms with Crippen LogP contribution < -0.4 is 4.90 Å². The predicted molar refractivity (Wildman–Crippen MR) is 101 cm³/mol. The molecule has 1 aromatic carbocycles. The Hall–Kier alpha value is -1.44. The van der Waals surface area contributed by atoms with E-state index in [-0.39, 0.29) is 0 Å². The quantitative estimate of drug-likeness (QED) is 0.494. The molecular weight excluding hydrogens is 386 g/mol. The Balaban J connectivity index is 1.99. The molecule has 25 heavy (non-hydrogen) atoms. The van der Waals surface area contributed by atoms with E-state index in [1.54, 1.807) is 7.11 Å². The van der Waals surface area contributed by atoms with Gasteiger partial charge in [0.25, 0.3) is 0 Å². The molecule has 0 aliphatic carbocycles. The Bertz CT molecular complexity index is 621. The SMILES string of the molecule is CCCCOCCN(Cc1nc(CCOC)no1)c1cccc(Br)c1. The van der Waals surface area contributed by atoms with Crippen molar-refractivity contribution in [2.45, 2.75) is 32.7 Å². The second kappa shape index (κ2) is 11.2. The summed E-state index contributed by atoms with van der Waals surface area (Å²) >= 11 is 3.53. The number of ether oxygens (including phenoxy) is 2. The lowest BCUT2D eigenvalue weighted by atomic mass is 10.3. The molecule has 0 atom stereocenters. The van der Waals surface area contributed by atoms with Crippen LogP contribution in [0, 0.1) is 0 Å². The third-order valence-corrected chi connectivity index (χ3v) is 4.18. The fourth-order valence-electron chi connectivity index (χ4n) is 2.31. The van der Waals surface area contributed by atoms with Crippen molar-refractivity contribution in [1.29, 1.82) is 0 Å². The van der Waals surface area contributed by atoms with Crippen molar-refractivity contribution >= 4 is 21.6 Å². The highest BCUT2D eigenvalue weighted by Crippen LogP contribution is 2.21. The molecule has 2 aromatic rings. The minimum atomic E-state index is 0.549. The third kappa shape index (κ3) is 7.13. The van der Waals surface area contributed by atoms with Gasteiger partial charge in [-0.3, -0.25) is 0 Å². The molecule has 0 saturated heterocycles. The lowest BCUT2D eigenvalue weighted by Crippen LogP contribution is -2.27. The van der Waals surface area contributed by atoms with Crippen LogP contribution in [0.1, 0.15) is 31.5 Å². The van der Waals surface area contributed by atoms with Gasteiger partial charge in [0.05, 0.1) is 19.8 Å². The van der Waals surface area contributed by atoms with E-state index in [0.29, 0.717) is 37.9 Å². The van der Waals surface area contributed by atoms with Crippen molar-refractivity contribution < 1.29 is 14.0 Å². The third-order valence-electron chi connectivity index (χ3n) is 3.69. The van der Waals surface area contributed by atoms with Gasteiger partial charge in [0.2, 0.25) is 5.89 Å². The van der Waals surface area contributed by atoms with E-state index in [2.05, 4.69) is 50.0 Å². The van der Waals surface area contributed by atoms with Gasteiger partial charge in [-0.25, -0.2) is 0 Å². The lowest BCUT2D eigenvalue weighted by Gasteiger charge is -2.23. The molecule has 0 unspecified atom stereocenters. The largest absolute Gasteiger partial charge is 0.384 e. The Morgan fingerprint density at radius 3 is 2.88 bits per heavy atom. The van der Waals surface area contributed by atoms with E-state index in [1.165, 1.54) is 0 Å². The first-order valence-corrected chi connectivity index (χ1v) is 9.41. The average molecular weight is 412 g/mol. The summed E-state index contributed by atoms with van der Waals surface area (Å²) in [5, 5.41) is 4.01. The standard InChI is InChI=1S/C18H26BrN3O3/c1-3-4-10-24-12-9-22(16-7-5-6-15(19)13-16)14-18-20-17(21-25-18)8-11-23-2/h5-7,13H,3-4,8-12,14H2,1-2H3. The number of benzene rings is 1. The molecule has 0 N–H and O–H groups in total. The number of rotatable bonds is 12. The van der Waals surface area contributed by atoms with Gasteiger partial charge in [-0.2, -0.15) is 4.98 Å². The number of anilines is 1. The Morgan fingerprint density at radius 2 is 2.12 bits per heavy atom. The zero-order valence-corrected chi connectivity index (χ0v) is 16.5. The molecule has 0 bridgehead atoms. The maximum Gasteiger partial charge on any atom is 0.246 e. The summed E-state index contributed by atoms with van der Waals surface area (Å²) in [6.07, 6.45) is 2.88. The molecule has 1 heterocycles. The van der Waals surface area contributed by atoms with Gasteiger partial charge in [-0.05, 0) is 24.6 Å². The highest BCUT2D eigenvalue weighted by atomic mass is 79.9. The monoisotopic (exact) mass is 411 g/mol. The number of hydrogen-bond acceptors (Lipinski definition) is 6. The van der Waals surface area contributed by atoms with Gasteiger partial charge in [0, 0.05) is 36.8 Å². The predicted octanol–water partition coefficient (Wildman–Crippen LogP) is 3.84. The van der Waals surface area contributed by atoms with Crippen LogP contribution in [0.15, 0.2) is 33.3 Å². The van der Waals surface area contributed by atoms with Crippen molar-refractivity contribution in [1.82, 2.24) is 10.1 Å². The summed E-state index contributed by atoms with van der Waals surface area (Å²) in [6.45, 7) is 5.51. The minimum Gasteiger partial charge on any atom is -0.384 e. The molecule has 138 valence electrons. The highest BCUT2D eigenvalue weighted by Gasteiger charge is 2.13. The number of methoxy groups -OCH3 is 1. The van der Waals surface area contributed by atoms with Crippen LogP contribution in [0.5, 0.6) is 0 Å². The molecule has 1 aromatic heterocycles. The molecule has 7 heteroatoms. The molecule has 0 spiro atoms. The van der Waals surface area contributed by atoms with E-state index in [9.17, 15) is 0 Å². The van der Waals surface area contributed by atoms with E-state index >= 15 is 0 Å². The van der Waals surface area contributed by atoms with Crippen LogP contribution in [0.2, 0.25) is 0 Å². The number of halogens is 1. The smallest absolute Gasteiger partial charge is 0.246 e. The molecule has 0 amide bonds. The minimum absolute atomic E-state index is 0.549. The fourth-order valence-corrected chi connectivity index (χ4v) is 2.70. The average Bonchev–Trinajstić information content (AvgIpc) is 3.06. The van der Waals surface area contributed by atoms with Crippen LogP contribution in [0.4, 0.5) is 5.69 Å². The van der Waals surface area contributed by atoms with Crippen molar-refractivity contribution in [2.75, 3.05) is 38.4 Å². The Kier molecular flexibility index (Phi) is 8.93. The van der Waals surface area contributed by atoms with E-state index in [0.717, 1.165) is 36.2 Å². The summed E-state index contributed by atoms with van der Waals surface area (Å²) in [6, 6.07) is 8.17. The highest BCUT2D eigenvalue weighted by molar-refractivity contribution is 9.10. The molecule has 2 rings (SSSR count). The maximum atomic E-state index is 5.72. The lowest BCUT2D eigenvalue weighted by molar-refractivity contribution is 0.136. The molecule has 0 saturated carbocycles. The molecular formula is C18H26BrN3O3. The van der Waals surface area contributed by atoms with Gasteiger partial charge in [0.1, 0.15) is 0 Å². The normalized spacial score (nSPS) is 11.0.